The molecule has 0 fully saturated rings. The first-order chi connectivity index (χ1) is 13.7. The molecule has 3 aromatic carbocycles. The van der Waals surface area contributed by atoms with E-state index in [1.165, 1.54) is 5.56 Å². The van der Waals surface area contributed by atoms with Gasteiger partial charge in [-0.25, -0.2) is 0 Å². The molecule has 0 atom stereocenters. The highest BCUT2D eigenvalue weighted by molar-refractivity contribution is 5.76. The Morgan fingerprint density at radius 1 is 0.893 bits per heavy atom. The Kier molecular flexibility index (Phi) is 7.08. The van der Waals surface area contributed by atoms with Gasteiger partial charge in [0.25, 0.3) is 0 Å². The maximum atomic E-state index is 12.0. The van der Waals surface area contributed by atoms with Gasteiger partial charge >= 0.3 is 0 Å². The number of anilines is 1. The second-order valence-corrected chi connectivity index (χ2v) is 6.74. The fourth-order valence-corrected chi connectivity index (χ4v) is 2.84. The van der Waals surface area contributed by atoms with E-state index in [0.29, 0.717) is 26.1 Å². The molecule has 0 aliphatic heterocycles. The van der Waals surface area contributed by atoms with Crippen LogP contribution in [-0.4, -0.2) is 12.5 Å². The van der Waals surface area contributed by atoms with Gasteiger partial charge in [-0.15, -0.1) is 0 Å². The van der Waals surface area contributed by atoms with Crippen molar-refractivity contribution in [2.45, 2.75) is 26.5 Å². The lowest BCUT2D eigenvalue weighted by atomic mass is 10.1. The number of nitrogens with one attached hydrogen (secondary N) is 2. The van der Waals surface area contributed by atoms with Gasteiger partial charge in [0.2, 0.25) is 5.91 Å². The Hall–Kier alpha value is -3.27. The summed E-state index contributed by atoms with van der Waals surface area (Å²) in [6, 6.07) is 26.0. The number of carbonyl (C=O) groups is 1. The lowest BCUT2D eigenvalue weighted by Gasteiger charge is -2.10. The Morgan fingerprint density at radius 3 is 2.39 bits per heavy atom. The Bertz CT molecular complexity index is 877. The number of ether oxygens (including phenoxy) is 1. The first-order valence-electron chi connectivity index (χ1n) is 9.52. The first-order valence-corrected chi connectivity index (χ1v) is 9.52. The summed E-state index contributed by atoms with van der Waals surface area (Å²) in [5.41, 5.74) is 4.43. The molecule has 0 heterocycles. The zero-order valence-corrected chi connectivity index (χ0v) is 16.2. The van der Waals surface area contributed by atoms with E-state index >= 15 is 0 Å². The number of aryl methyl sites for hydroxylation is 1. The summed E-state index contributed by atoms with van der Waals surface area (Å²) in [6.45, 7) is 3.75. The Balaban J connectivity index is 1.35. The molecule has 3 aromatic rings. The molecule has 0 aliphatic carbocycles. The van der Waals surface area contributed by atoms with Crippen LogP contribution in [0.4, 0.5) is 5.69 Å². The molecule has 3 rings (SSSR count). The van der Waals surface area contributed by atoms with E-state index < -0.39 is 0 Å². The van der Waals surface area contributed by atoms with Crippen molar-refractivity contribution in [3.8, 4) is 5.75 Å². The molecule has 4 nitrogen and oxygen atoms in total. The van der Waals surface area contributed by atoms with Crippen molar-refractivity contribution in [2.75, 3.05) is 11.9 Å². The molecule has 0 aromatic heterocycles. The van der Waals surface area contributed by atoms with Gasteiger partial charge in [-0.2, -0.15) is 0 Å². The molecule has 144 valence electrons. The second kappa shape index (κ2) is 10.2. The summed E-state index contributed by atoms with van der Waals surface area (Å²) >= 11 is 0. The second-order valence-electron chi connectivity index (χ2n) is 6.74. The third-order valence-corrected chi connectivity index (χ3v) is 4.36. The van der Waals surface area contributed by atoms with Crippen LogP contribution in [0.5, 0.6) is 5.75 Å². The van der Waals surface area contributed by atoms with Gasteiger partial charge in [0, 0.05) is 25.2 Å². The molecule has 0 saturated carbocycles. The maximum Gasteiger partial charge on any atom is 0.222 e. The number of hydrogen-bond acceptors (Lipinski definition) is 3. The highest BCUT2D eigenvalue weighted by atomic mass is 16.5. The van der Waals surface area contributed by atoms with Crippen molar-refractivity contribution in [3.05, 3.63) is 95.6 Å². The van der Waals surface area contributed by atoms with E-state index in [1.807, 2.05) is 79.7 Å². The molecule has 0 saturated heterocycles. The van der Waals surface area contributed by atoms with Gasteiger partial charge in [0.1, 0.15) is 12.4 Å². The van der Waals surface area contributed by atoms with Gasteiger partial charge in [-0.05, 0) is 42.3 Å². The highest BCUT2D eigenvalue weighted by Gasteiger charge is 2.02. The van der Waals surface area contributed by atoms with Gasteiger partial charge in [0.15, 0.2) is 0 Å². The van der Waals surface area contributed by atoms with E-state index in [4.69, 9.17) is 4.74 Å². The number of benzene rings is 3. The number of carbonyl (C=O) groups excluding carboxylic acids is 1. The lowest BCUT2D eigenvalue weighted by molar-refractivity contribution is -0.121. The van der Waals surface area contributed by atoms with Crippen LogP contribution < -0.4 is 15.4 Å². The van der Waals surface area contributed by atoms with E-state index in [1.54, 1.807) is 0 Å². The van der Waals surface area contributed by atoms with Crippen LogP contribution in [0.15, 0.2) is 78.9 Å². The molecule has 28 heavy (non-hydrogen) atoms. The maximum absolute atomic E-state index is 12.0. The van der Waals surface area contributed by atoms with Gasteiger partial charge in [0.05, 0.1) is 0 Å². The minimum Gasteiger partial charge on any atom is -0.489 e. The van der Waals surface area contributed by atoms with Crippen LogP contribution in [0.1, 0.15) is 23.1 Å². The Labute approximate surface area is 166 Å². The minimum atomic E-state index is 0.0387. The summed E-state index contributed by atoms with van der Waals surface area (Å²) in [4.78, 5) is 12.0. The summed E-state index contributed by atoms with van der Waals surface area (Å²) in [6.07, 6.45) is 0.429. The van der Waals surface area contributed by atoms with Crippen molar-refractivity contribution in [2.24, 2.45) is 0 Å². The smallest absolute Gasteiger partial charge is 0.222 e. The standard InChI is InChI=1S/C24H26N2O2/c1-19-6-5-9-21(16-19)17-26-24(27)14-15-25-22-10-12-23(13-11-22)28-18-20-7-3-2-4-8-20/h2-13,16,25H,14-15,17-18H2,1H3,(H,26,27). The molecule has 0 unspecified atom stereocenters. The van der Waals surface area contributed by atoms with Crippen molar-refractivity contribution < 1.29 is 9.53 Å². The average molecular weight is 374 g/mol. The minimum absolute atomic E-state index is 0.0387. The van der Waals surface area contributed by atoms with Crippen LogP contribution in [-0.2, 0) is 17.9 Å². The molecule has 4 heteroatoms. The van der Waals surface area contributed by atoms with Crippen LogP contribution in [0.2, 0.25) is 0 Å². The van der Waals surface area contributed by atoms with Crippen LogP contribution in [0.3, 0.4) is 0 Å². The topological polar surface area (TPSA) is 50.4 Å². The van der Waals surface area contributed by atoms with Crippen LogP contribution in [0.25, 0.3) is 0 Å². The third kappa shape index (κ3) is 6.47. The normalized spacial score (nSPS) is 10.3. The fourth-order valence-electron chi connectivity index (χ4n) is 2.84. The molecule has 1 amide bonds. The monoisotopic (exact) mass is 374 g/mol. The van der Waals surface area contributed by atoms with E-state index in [9.17, 15) is 4.79 Å². The summed E-state index contributed by atoms with van der Waals surface area (Å²) < 4.78 is 5.78. The molecule has 0 bridgehead atoms. The average Bonchev–Trinajstić information content (AvgIpc) is 2.72. The summed E-state index contributed by atoms with van der Waals surface area (Å²) in [7, 11) is 0. The zero-order valence-electron chi connectivity index (χ0n) is 16.2. The highest BCUT2D eigenvalue weighted by Crippen LogP contribution is 2.17. The molecule has 0 spiro atoms. The largest absolute Gasteiger partial charge is 0.489 e. The quantitative estimate of drug-likeness (QED) is 0.571. The van der Waals surface area contributed by atoms with Crippen molar-refractivity contribution >= 4 is 11.6 Å². The molecular weight excluding hydrogens is 348 g/mol. The predicted octanol–water partition coefficient (Wildman–Crippen LogP) is 4.69. The molecular formula is C24H26N2O2. The molecule has 0 radical (unpaired) electrons. The van der Waals surface area contributed by atoms with E-state index in [-0.39, 0.29) is 5.91 Å². The van der Waals surface area contributed by atoms with Crippen LogP contribution >= 0.6 is 0 Å². The number of rotatable bonds is 9. The summed E-state index contributed by atoms with van der Waals surface area (Å²) in [5.74, 6) is 0.863. The van der Waals surface area contributed by atoms with Gasteiger partial charge in [-0.1, -0.05) is 60.2 Å². The SMILES string of the molecule is Cc1cccc(CNC(=O)CCNc2ccc(OCc3ccccc3)cc2)c1. The van der Waals surface area contributed by atoms with Crippen molar-refractivity contribution in [1.82, 2.24) is 5.32 Å². The fraction of sp³-hybridized carbons (Fsp3) is 0.208. The number of hydrogen-bond donors (Lipinski definition) is 2. The zero-order chi connectivity index (χ0) is 19.6. The van der Waals surface area contributed by atoms with E-state index in [0.717, 1.165) is 22.6 Å². The van der Waals surface area contributed by atoms with Crippen LogP contribution in [0, 0.1) is 6.92 Å². The predicted molar refractivity (Wildman–Crippen MR) is 113 cm³/mol. The van der Waals surface area contributed by atoms with Crippen molar-refractivity contribution in [3.63, 3.8) is 0 Å². The molecule has 2 N–H and O–H groups in total. The first kappa shape index (κ1) is 19.5. The van der Waals surface area contributed by atoms with Crippen molar-refractivity contribution in [1.29, 1.82) is 0 Å². The Morgan fingerprint density at radius 2 is 1.64 bits per heavy atom. The third-order valence-electron chi connectivity index (χ3n) is 4.36. The van der Waals surface area contributed by atoms with E-state index in [2.05, 4.69) is 16.7 Å². The molecule has 0 aliphatic rings. The van der Waals surface area contributed by atoms with Gasteiger partial charge in [-0.3, -0.25) is 4.79 Å². The summed E-state index contributed by atoms with van der Waals surface area (Å²) in [5, 5.41) is 6.22. The lowest BCUT2D eigenvalue weighted by Crippen LogP contribution is -2.24. The van der Waals surface area contributed by atoms with Gasteiger partial charge < -0.3 is 15.4 Å². The number of amides is 1.